The van der Waals surface area contributed by atoms with Crippen LogP contribution in [0.2, 0.25) is 0 Å². The molecule has 0 aromatic heterocycles. The van der Waals surface area contributed by atoms with E-state index in [0.29, 0.717) is 11.2 Å². The maximum absolute atomic E-state index is 9.70. The van der Waals surface area contributed by atoms with Crippen LogP contribution in [0.1, 0.15) is 56.1 Å². The van der Waals surface area contributed by atoms with Crippen molar-refractivity contribution in [1.29, 1.82) is 0 Å². The molecule has 2 saturated carbocycles. The van der Waals surface area contributed by atoms with E-state index in [1.165, 1.54) is 37.7 Å². The number of aromatic hydroxyl groups is 1. The number of halogens is 1. The summed E-state index contributed by atoms with van der Waals surface area (Å²) < 4.78 is 0. The maximum atomic E-state index is 9.70. The molecule has 0 saturated heterocycles. The molecule has 0 amide bonds. The lowest BCUT2D eigenvalue weighted by molar-refractivity contribution is 0.0640. The molecule has 1 N–H and O–H groups in total. The van der Waals surface area contributed by atoms with E-state index in [9.17, 15) is 5.11 Å². The van der Waals surface area contributed by atoms with Gasteiger partial charge in [-0.2, -0.15) is 0 Å². The van der Waals surface area contributed by atoms with Crippen molar-refractivity contribution < 1.29 is 5.11 Å². The number of rotatable bonds is 0. The second-order valence-electron chi connectivity index (χ2n) is 7.39. The Bertz CT molecular complexity index is 540. The van der Waals surface area contributed by atoms with Gasteiger partial charge in [-0.3, -0.25) is 0 Å². The third-order valence-corrected chi connectivity index (χ3v) is 8.10. The van der Waals surface area contributed by atoms with Crippen molar-refractivity contribution in [3.05, 3.63) is 29.3 Å². The summed E-state index contributed by atoms with van der Waals surface area (Å²) in [6, 6.07) is 6.09. The Balaban J connectivity index is 1.71. The summed E-state index contributed by atoms with van der Waals surface area (Å²) >= 11 is 3.96. The van der Waals surface area contributed by atoms with Crippen LogP contribution >= 0.6 is 15.9 Å². The minimum absolute atomic E-state index is 0.434. The fourth-order valence-electron chi connectivity index (χ4n) is 5.50. The number of aryl methyl sites for hydroxylation is 1. The van der Waals surface area contributed by atoms with Gasteiger partial charge in [0.25, 0.3) is 0 Å². The highest BCUT2D eigenvalue weighted by molar-refractivity contribution is 9.09. The largest absolute Gasteiger partial charge is 0.508 e. The third-order valence-electron chi connectivity index (χ3n) is 6.59. The van der Waals surface area contributed by atoms with Gasteiger partial charge in [0.05, 0.1) is 0 Å². The summed E-state index contributed by atoms with van der Waals surface area (Å²) in [5.41, 5.74) is 3.47. The Labute approximate surface area is 129 Å². The average Bonchev–Trinajstić information content (AvgIpc) is 2.74. The second-order valence-corrected chi connectivity index (χ2v) is 8.49. The van der Waals surface area contributed by atoms with Gasteiger partial charge >= 0.3 is 0 Å². The van der Waals surface area contributed by atoms with Gasteiger partial charge in [0, 0.05) is 4.83 Å². The molecule has 2 fully saturated rings. The molecular formula is C18H23BrO. The van der Waals surface area contributed by atoms with Gasteiger partial charge in [0.1, 0.15) is 5.75 Å². The fourth-order valence-corrected chi connectivity index (χ4v) is 6.34. The monoisotopic (exact) mass is 334 g/mol. The Kier molecular flexibility index (Phi) is 2.96. The summed E-state index contributed by atoms with van der Waals surface area (Å²) in [5, 5.41) is 9.70. The molecule has 1 aromatic carbocycles. The van der Waals surface area contributed by atoms with Crippen LogP contribution in [-0.2, 0) is 6.42 Å². The summed E-state index contributed by atoms with van der Waals surface area (Å²) in [6.07, 6.45) is 7.92. The van der Waals surface area contributed by atoms with Crippen LogP contribution in [0.4, 0.5) is 0 Å². The summed E-state index contributed by atoms with van der Waals surface area (Å²) in [5.74, 6) is 2.94. The quantitative estimate of drug-likeness (QED) is 0.661. The lowest BCUT2D eigenvalue weighted by atomic mass is 9.56. The van der Waals surface area contributed by atoms with Crippen molar-refractivity contribution in [1.82, 2.24) is 0 Å². The van der Waals surface area contributed by atoms with E-state index < -0.39 is 0 Å². The Morgan fingerprint density at radius 1 is 1.20 bits per heavy atom. The lowest BCUT2D eigenvalue weighted by Gasteiger charge is -2.50. The number of alkyl halides is 1. The molecule has 0 aliphatic heterocycles. The Morgan fingerprint density at radius 3 is 2.90 bits per heavy atom. The first kappa shape index (κ1) is 13.2. The molecule has 0 heterocycles. The van der Waals surface area contributed by atoms with E-state index in [1.54, 1.807) is 5.56 Å². The molecular weight excluding hydrogens is 312 g/mol. The van der Waals surface area contributed by atoms with Gasteiger partial charge in [-0.15, -0.1) is 0 Å². The fraction of sp³-hybridized carbons (Fsp3) is 0.667. The predicted octanol–water partition coefficient (Wildman–Crippen LogP) is 5.01. The van der Waals surface area contributed by atoms with Crippen LogP contribution in [0.15, 0.2) is 18.2 Å². The molecule has 4 rings (SSSR count). The van der Waals surface area contributed by atoms with Gasteiger partial charge in [0.2, 0.25) is 0 Å². The van der Waals surface area contributed by atoms with Gasteiger partial charge < -0.3 is 5.11 Å². The first-order chi connectivity index (χ1) is 9.59. The van der Waals surface area contributed by atoms with E-state index >= 15 is 0 Å². The molecule has 0 spiro atoms. The SMILES string of the molecule is C[C@]12CC[C@@H]3c4ccc(O)cc4CC[C@H]3[C@@H]1CCC2Br. The first-order valence-corrected chi connectivity index (χ1v) is 8.97. The van der Waals surface area contributed by atoms with Gasteiger partial charge in [0.15, 0.2) is 0 Å². The molecule has 20 heavy (non-hydrogen) atoms. The van der Waals surface area contributed by atoms with E-state index in [2.05, 4.69) is 28.9 Å². The minimum atomic E-state index is 0.434. The average molecular weight is 335 g/mol. The standard InChI is InChI=1S/C18H23BrO/c1-18-9-8-14-13-5-3-12(20)10-11(13)2-4-15(14)16(18)6-7-17(18)19/h3,5,10,14-17,20H,2,4,6-9H2,1H3/t14-,15-,16+,17?,18+/m1/s1. The van der Waals surface area contributed by atoms with Gasteiger partial charge in [-0.25, -0.2) is 0 Å². The molecule has 0 radical (unpaired) electrons. The number of hydrogen-bond acceptors (Lipinski definition) is 1. The molecule has 3 aliphatic carbocycles. The predicted molar refractivity (Wildman–Crippen MR) is 85.4 cm³/mol. The number of phenols is 1. The highest BCUT2D eigenvalue weighted by Gasteiger charge is 2.53. The highest BCUT2D eigenvalue weighted by atomic mass is 79.9. The van der Waals surface area contributed by atoms with E-state index in [0.717, 1.165) is 29.0 Å². The summed E-state index contributed by atoms with van der Waals surface area (Å²) in [6.45, 7) is 2.52. The van der Waals surface area contributed by atoms with Gasteiger partial charge in [-0.1, -0.05) is 28.9 Å². The van der Waals surface area contributed by atoms with Crippen LogP contribution in [0, 0.1) is 17.3 Å². The number of fused-ring (bicyclic) bond motifs is 5. The summed E-state index contributed by atoms with van der Waals surface area (Å²) in [7, 11) is 0. The molecule has 1 nitrogen and oxygen atoms in total. The Morgan fingerprint density at radius 2 is 2.05 bits per heavy atom. The zero-order chi connectivity index (χ0) is 13.9. The van der Waals surface area contributed by atoms with Crippen molar-refractivity contribution in [2.45, 2.75) is 56.2 Å². The highest BCUT2D eigenvalue weighted by Crippen LogP contribution is 2.62. The number of phenolic OH excluding ortho intramolecular Hbond substituents is 1. The first-order valence-electron chi connectivity index (χ1n) is 8.05. The van der Waals surface area contributed by atoms with E-state index in [1.807, 2.05) is 12.1 Å². The van der Waals surface area contributed by atoms with Crippen molar-refractivity contribution in [2.75, 3.05) is 0 Å². The third kappa shape index (κ3) is 1.73. The Hall–Kier alpha value is -0.500. The summed E-state index contributed by atoms with van der Waals surface area (Å²) in [4.78, 5) is 0.724. The maximum Gasteiger partial charge on any atom is 0.115 e. The molecule has 5 atom stereocenters. The molecule has 108 valence electrons. The lowest BCUT2D eigenvalue weighted by Crippen LogP contribution is -2.42. The van der Waals surface area contributed by atoms with Crippen LogP contribution in [0.25, 0.3) is 0 Å². The number of benzene rings is 1. The van der Waals surface area contributed by atoms with Gasteiger partial charge in [-0.05, 0) is 85.0 Å². The van der Waals surface area contributed by atoms with Crippen molar-refractivity contribution >= 4 is 15.9 Å². The van der Waals surface area contributed by atoms with Crippen molar-refractivity contribution in [3.63, 3.8) is 0 Å². The van der Waals surface area contributed by atoms with E-state index in [-0.39, 0.29) is 0 Å². The van der Waals surface area contributed by atoms with Crippen LogP contribution in [-0.4, -0.2) is 9.93 Å². The topological polar surface area (TPSA) is 20.2 Å². The normalized spacial score (nSPS) is 42.7. The molecule has 3 aliphatic rings. The second kappa shape index (κ2) is 4.50. The molecule has 0 bridgehead atoms. The van der Waals surface area contributed by atoms with Crippen LogP contribution in [0.5, 0.6) is 5.75 Å². The zero-order valence-corrected chi connectivity index (χ0v) is 13.7. The van der Waals surface area contributed by atoms with Crippen molar-refractivity contribution in [2.24, 2.45) is 17.3 Å². The zero-order valence-electron chi connectivity index (χ0n) is 12.1. The number of hydrogen-bond donors (Lipinski definition) is 1. The van der Waals surface area contributed by atoms with E-state index in [4.69, 9.17) is 0 Å². The molecule has 2 heteroatoms. The van der Waals surface area contributed by atoms with Crippen molar-refractivity contribution in [3.8, 4) is 5.75 Å². The smallest absolute Gasteiger partial charge is 0.115 e. The minimum Gasteiger partial charge on any atom is -0.508 e. The van der Waals surface area contributed by atoms with Crippen LogP contribution in [0.3, 0.4) is 0 Å². The molecule has 1 aromatic rings. The van der Waals surface area contributed by atoms with Crippen LogP contribution < -0.4 is 0 Å². The molecule has 1 unspecified atom stereocenters.